The zero-order valence-corrected chi connectivity index (χ0v) is 16.0. The molecule has 2 fully saturated rings. The number of hydrogen-bond donors (Lipinski definition) is 0. The number of anilines is 1. The van der Waals surface area contributed by atoms with Crippen LogP contribution in [-0.4, -0.2) is 28.8 Å². The van der Waals surface area contributed by atoms with E-state index in [1.165, 1.54) is 6.08 Å². The van der Waals surface area contributed by atoms with Crippen molar-refractivity contribution in [1.82, 2.24) is 0 Å². The van der Waals surface area contributed by atoms with Crippen molar-refractivity contribution in [2.45, 2.75) is 43.2 Å². The number of benzene rings is 2. The molecule has 1 atom stereocenters. The highest BCUT2D eigenvalue weighted by molar-refractivity contribution is 6.37. The minimum absolute atomic E-state index is 0.306. The third-order valence-electron chi connectivity index (χ3n) is 6.35. The number of ether oxygens (including phenoxy) is 1. The van der Waals surface area contributed by atoms with Gasteiger partial charge >= 0.3 is 5.97 Å². The zero-order valence-electron chi connectivity index (χ0n) is 16.0. The van der Waals surface area contributed by atoms with Crippen molar-refractivity contribution in [3.05, 3.63) is 72.3 Å². The van der Waals surface area contributed by atoms with Crippen molar-refractivity contribution < 1.29 is 19.1 Å². The number of amides is 1. The molecular formula is C24H21NO4. The van der Waals surface area contributed by atoms with Gasteiger partial charge in [0.25, 0.3) is 11.5 Å². The SMILES string of the molecule is O=C1C=C(c2ccccc2)C2(O1)C(=O)N(c1ccccc1)C1(CCCCC1)C2=O. The third-order valence-corrected chi connectivity index (χ3v) is 6.35. The molecule has 2 aliphatic heterocycles. The summed E-state index contributed by atoms with van der Waals surface area (Å²) in [6.07, 6.45) is 5.20. The second kappa shape index (κ2) is 6.41. The molecule has 1 amide bonds. The highest BCUT2D eigenvalue weighted by atomic mass is 16.6. The Hall–Kier alpha value is -3.21. The normalized spacial score (nSPS) is 25.6. The minimum atomic E-state index is -1.90. The van der Waals surface area contributed by atoms with E-state index in [1.54, 1.807) is 17.0 Å². The fourth-order valence-electron chi connectivity index (χ4n) is 5.09. The summed E-state index contributed by atoms with van der Waals surface area (Å²) in [6.45, 7) is 0. The standard InChI is InChI=1S/C24H21NO4/c26-20-16-19(17-10-4-1-5-11-17)24(29-20)21(27)23(14-8-3-9-15-23)25(22(24)28)18-12-6-2-7-13-18/h1-2,4-7,10-13,16H,3,8-9,14-15H2. The van der Waals surface area contributed by atoms with Crippen LogP contribution in [-0.2, 0) is 19.1 Å². The van der Waals surface area contributed by atoms with E-state index in [4.69, 9.17) is 4.74 Å². The van der Waals surface area contributed by atoms with Gasteiger partial charge in [-0.05, 0) is 30.5 Å². The van der Waals surface area contributed by atoms with Gasteiger partial charge in [-0.1, -0.05) is 67.8 Å². The van der Waals surface area contributed by atoms with Crippen LogP contribution in [0.4, 0.5) is 5.69 Å². The highest BCUT2D eigenvalue weighted by Gasteiger charge is 2.72. The molecule has 0 radical (unpaired) electrons. The molecule has 5 nitrogen and oxygen atoms in total. The molecule has 2 heterocycles. The number of ketones is 1. The predicted octanol–water partition coefficient (Wildman–Crippen LogP) is 3.68. The van der Waals surface area contributed by atoms with Crippen molar-refractivity contribution in [3.8, 4) is 0 Å². The highest BCUT2D eigenvalue weighted by Crippen LogP contribution is 2.52. The molecule has 1 saturated carbocycles. The number of carbonyl (C=O) groups excluding carboxylic acids is 3. The summed E-state index contributed by atoms with van der Waals surface area (Å²) in [5, 5.41) is 0. The molecule has 0 aromatic heterocycles. The van der Waals surface area contributed by atoms with Crippen LogP contribution in [0.2, 0.25) is 0 Å². The third kappa shape index (κ3) is 2.36. The quantitative estimate of drug-likeness (QED) is 0.582. The van der Waals surface area contributed by atoms with Crippen molar-refractivity contribution in [2.75, 3.05) is 4.90 Å². The van der Waals surface area contributed by atoms with Gasteiger partial charge in [-0.15, -0.1) is 0 Å². The monoisotopic (exact) mass is 387 g/mol. The summed E-state index contributed by atoms with van der Waals surface area (Å²) >= 11 is 0. The van der Waals surface area contributed by atoms with Crippen LogP contribution in [0.3, 0.4) is 0 Å². The van der Waals surface area contributed by atoms with Crippen molar-refractivity contribution >= 4 is 28.9 Å². The van der Waals surface area contributed by atoms with Crippen molar-refractivity contribution in [3.63, 3.8) is 0 Å². The summed E-state index contributed by atoms with van der Waals surface area (Å²) in [5.41, 5.74) is -1.21. The van der Waals surface area contributed by atoms with Gasteiger partial charge in [-0.25, -0.2) is 4.79 Å². The van der Waals surface area contributed by atoms with Gasteiger partial charge in [0.2, 0.25) is 5.78 Å². The maximum Gasteiger partial charge on any atom is 0.333 e. The summed E-state index contributed by atoms with van der Waals surface area (Å²) in [5.74, 6) is -1.41. The molecule has 1 saturated heterocycles. The van der Waals surface area contributed by atoms with E-state index in [-0.39, 0.29) is 5.78 Å². The molecule has 0 N–H and O–H groups in total. The lowest BCUT2D eigenvalue weighted by Gasteiger charge is -2.39. The molecule has 1 unspecified atom stereocenters. The van der Waals surface area contributed by atoms with Crippen LogP contribution in [0.25, 0.3) is 5.57 Å². The second-order valence-corrected chi connectivity index (χ2v) is 7.92. The lowest BCUT2D eigenvalue weighted by molar-refractivity contribution is -0.158. The first-order valence-corrected chi connectivity index (χ1v) is 10.0. The van der Waals surface area contributed by atoms with E-state index in [0.717, 1.165) is 19.3 Å². The summed E-state index contributed by atoms with van der Waals surface area (Å²) in [4.78, 5) is 42.0. The van der Waals surface area contributed by atoms with E-state index in [9.17, 15) is 14.4 Å². The summed E-state index contributed by atoms with van der Waals surface area (Å²) in [7, 11) is 0. The molecule has 5 heteroatoms. The Morgan fingerprint density at radius 1 is 0.793 bits per heavy atom. The topological polar surface area (TPSA) is 63.7 Å². The Labute approximate surface area is 169 Å². The Bertz CT molecular complexity index is 1020. The smallest absolute Gasteiger partial charge is 0.333 e. The van der Waals surface area contributed by atoms with E-state index in [0.29, 0.717) is 29.7 Å². The Morgan fingerprint density at radius 2 is 1.41 bits per heavy atom. The maximum absolute atomic E-state index is 14.0. The minimum Gasteiger partial charge on any atom is -0.432 e. The molecule has 2 spiro atoms. The van der Waals surface area contributed by atoms with Gasteiger partial charge in [-0.2, -0.15) is 0 Å². The molecular weight excluding hydrogens is 366 g/mol. The van der Waals surface area contributed by atoms with Crippen LogP contribution in [0.15, 0.2) is 66.7 Å². The molecule has 1 aliphatic carbocycles. The van der Waals surface area contributed by atoms with Gasteiger partial charge < -0.3 is 4.74 Å². The van der Waals surface area contributed by atoms with Gasteiger partial charge in [0, 0.05) is 17.3 Å². The van der Waals surface area contributed by atoms with E-state index in [2.05, 4.69) is 0 Å². The Balaban J connectivity index is 1.72. The molecule has 2 aromatic carbocycles. The molecule has 29 heavy (non-hydrogen) atoms. The zero-order chi connectivity index (χ0) is 20.1. The van der Waals surface area contributed by atoms with Gasteiger partial charge in [0.1, 0.15) is 5.54 Å². The van der Waals surface area contributed by atoms with E-state index in [1.807, 2.05) is 48.5 Å². The van der Waals surface area contributed by atoms with Crippen LogP contribution >= 0.6 is 0 Å². The van der Waals surface area contributed by atoms with Crippen LogP contribution in [0.1, 0.15) is 37.7 Å². The summed E-state index contributed by atoms with van der Waals surface area (Å²) in [6, 6.07) is 18.3. The first-order valence-electron chi connectivity index (χ1n) is 10.0. The lowest BCUT2D eigenvalue weighted by atomic mass is 9.74. The second-order valence-electron chi connectivity index (χ2n) is 7.92. The lowest BCUT2D eigenvalue weighted by Crippen LogP contribution is -2.52. The molecule has 0 bridgehead atoms. The average molecular weight is 387 g/mol. The van der Waals surface area contributed by atoms with E-state index >= 15 is 0 Å². The molecule has 2 aromatic rings. The van der Waals surface area contributed by atoms with Crippen molar-refractivity contribution in [1.29, 1.82) is 0 Å². The average Bonchev–Trinajstić information content (AvgIpc) is 3.20. The molecule has 3 aliphatic rings. The molecule has 146 valence electrons. The number of esters is 1. The number of Topliss-reactive ketones (excluding diaryl/α,β-unsaturated/α-hetero) is 1. The maximum atomic E-state index is 14.0. The number of carbonyl (C=O) groups is 3. The van der Waals surface area contributed by atoms with Gasteiger partial charge in [0.05, 0.1) is 0 Å². The number of para-hydroxylation sites is 1. The number of rotatable bonds is 2. The first kappa shape index (κ1) is 17.9. The number of nitrogens with zero attached hydrogens (tertiary/aromatic N) is 1. The fraction of sp³-hybridized carbons (Fsp3) is 0.292. The molecule has 5 rings (SSSR count). The van der Waals surface area contributed by atoms with Gasteiger partial charge in [-0.3, -0.25) is 14.5 Å². The van der Waals surface area contributed by atoms with Crippen LogP contribution < -0.4 is 4.90 Å². The van der Waals surface area contributed by atoms with E-state index < -0.39 is 23.0 Å². The number of hydrogen-bond acceptors (Lipinski definition) is 4. The first-order chi connectivity index (χ1) is 14.1. The predicted molar refractivity (Wildman–Crippen MR) is 108 cm³/mol. The van der Waals surface area contributed by atoms with Crippen LogP contribution in [0, 0.1) is 0 Å². The Morgan fingerprint density at radius 3 is 2.07 bits per heavy atom. The van der Waals surface area contributed by atoms with Crippen molar-refractivity contribution in [2.24, 2.45) is 0 Å². The fourth-order valence-corrected chi connectivity index (χ4v) is 5.09. The largest absolute Gasteiger partial charge is 0.432 e. The van der Waals surface area contributed by atoms with Gasteiger partial charge in [0.15, 0.2) is 0 Å². The van der Waals surface area contributed by atoms with Crippen LogP contribution in [0.5, 0.6) is 0 Å². The summed E-state index contributed by atoms with van der Waals surface area (Å²) < 4.78 is 5.61. The Kier molecular flexibility index (Phi) is 3.95.